The van der Waals surface area contributed by atoms with Crippen LogP contribution >= 0.6 is 11.6 Å². The van der Waals surface area contributed by atoms with Gasteiger partial charge in [-0.15, -0.1) is 0 Å². The molecule has 0 spiro atoms. The summed E-state index contributed by atoms with van der Waals surface area (Å²) < 4.78 is 16.1. The number of hydrogen-bond acceptors (Lipinski definition) is 8. The van der Waals surface area contributed by atoms with Gasteiger partial charge in [0.1, 0.15) is 18.0 Å². The molecule has 1 aromatic heterocycles. The van der Waals surface area contributed by atoms with Gasteiger partial charge in [0.05, 0.1) is 24.9 Å². The first-order valence-corrected chi connectivity index (χ1v) is 10.7. The van der Waals surface area contributed by atoms with Crippen molar-refractivity contribution >= 4 is 17.4 Å². The van der Waals surface area contributed by atoms with Crippen molar-refractivity contribution in [1.82, 2.24) is 4.98 Å². The molecule has 0 saturated heterocycles. The molecule has 3 atom stereocenters. The Kier molecular flexibility index (Phi) is 7.12. The molecule has 174 valence electrons. The van der Waals surface area contributed by atoms with Crippen LogP contribution in [0.25, 0.3) is 0 Å². The fourth-order valence-corrected chi connectivity index (χ4v) is 3.76. The number of fused-ring (bicyclic) bond motifs is 1. The summed E-state index contributed by atoms with van der Waals surface area (Å²) in [4.78, 5) is 17.1. The number of nitrogens with zero attached hydrogens (tertiary/aromatic N) is 1. The third kappa shape index (κ3) is 5.22. The number of benzene rings is 1. The first kappa shape index (κ1) is 24.4. The number of ketones is 1. The Morgan fingerprint density at radius 3 is 2.81 bits per heavy atom. The number of halogens is 1. The molecule has 0 aliphatic carbocycles. The summed E-state index contributed by atoms with van der Waals surface area (Å²) in [6.07, 6.45) is -0.703. The van der Waals surface area contributed by atoms with Crippen molar-refractivity contribution in [3.05, 3.63) is 51.8 Å². The molecule has 1 aliphatic rings. The second-order valence-electron chi connectivity index (χ2n) is 8.52. The molecule has 1 aromatic carbocycles. The number of carbonyl (C=O) groups excluding carboxylic acids is 1. The average molecular weight is 465 g/mol. The monoisotopic (exact) mass is 464 g/mol. The van der Waals surface area contributed by atoms with Crippen molar-refractivity contribution in [2.24, 2.45) is 5.73 Å². The van der Waals surface area contributed by atoms with Crippen molar-refractivity contribution in [2.75, 3.05) is 13.7 Å². The molecule has 8 nitrogen and oxygen atoms in total. The summed E-state index contributed by atoms with van der Waals surface area (Å²) in [6, 6.07) is 6.71. The molecule has 0 amide bonds. The second-order valence-corrected chi connectivity index (χ2v) is 8.87. The quantitative estimate of drug-likeness (QED) is 0.294. The van der Waals surface area contributed by atoms with Crippen LogP contribution in [0.2, 0.25) is 5.15 Å². The number of carbonyl (C=O) groups is 1. The Morgan fingerprint density at radius 1 is 1.44 bits per heavy atom. The number of aliphatic hydroxyl groups is 2. The first-order chi connectivity index (χ1) is 14.9. The molecule has 0 fully saturated rings. The van der Waals surface area contributed by atoms with Gasteiger partial charge in [-0.2, -0.15) is 0 Å². The van der Waals surface area contributed by atoms with Gasteiger partial charge >= 0.3 is 0 Å². The van der Waals surface area contributed by atoms with Gasteiger partial charge in [0.25, 0.3) is 0 Å². The highest BCUT2D eigenvalue weighted by molar-refractivity contribution is 6.31. The van der Waals surface area contributed by atoms with Crippen LogP contribution in [0, 0.1) is 0 Å². The van der Waals surface area contributed by atoms with Gasteiger partial charge in [0, 0.05) is 23.1 Å². The zero-order valence-electron chi connectivity index (χ0n) is 18.6. The molecule has 2 unspecified atom stereocenters. The third-order valence-corrected chi connectivity index (χ3v) is 5.80. The predicted molar refractivity (Wildman–Crippen MR) is 119 cm³/mol. The summed E-state index contributed by atoms with van der Waals surface area (Å²) in [5.41, 5.74) is 6.29. The molecule has 1 aliphatic heterocycles. The molecule has 2 aromatic rings. The van der Waals surface area contributed by atoms with Gasteiger partial charge in [-0.1, -0.05) is 23.7 Å². The SMILES string of the molecule is COc1cc(C(=O)CCC(C)(O)c2cc3c(c(Cl)n2)OCC3(C)N)ccc1CO[C@@H](C)O. The summed E-state index contributed by atoms with van der Waals surface area (Å²) in [5, 5.41) is 20.5. The Hall–Kier alpha value is -2.23. The molecular weight excluding hydrogens is 436 g/mol. The number of rotatable bonds is 9. The molecule has 4 N–H and O–H groups in total. The van der Waals surface area contributed by atoms with Crippen LogP contribution in [0.5, 0.6) is 11.5 Å². The molecule has 9 heteroatoms. The number of pyridine rings is 1. The van der Waals surface area contributed by atoms with E-state index in [1.165, 1.54) is 14.0 Å². The highest BCUT2D eigenvalue weighted by Crippen LogP contribution is 2.42. The van der Waals surface area contributed by atoms with Gasteiger partial charge in [-0.25, -0.2) is 4.98 Å². The van der Waals surface area contributed by atoms with Crippen LogP contribution < -0.4 is 15.2 Å². The number of methoxy groups -OCH3 is 1. The van der Waals surface area contributed by atoms with E-state index in [1.54, 1.807) is 31.2 Å². The summed E-state index contributed by atoms with van der Waals surface area (Å²) in [5.74, 6) is 0.752. The lowest BCUT2D eigenvalue weighted by Gasteiger charge is -2.24. The van der Waals surface area contributed by atoms with Crippen molar-refractivity contribution in [1.29, 1.82) is 0 Å². The van der Waals surface area contributed by atoms with Crippen molar-refractivity contribution < 1.29 is 29.2 Å². The van der Waals surface area contributed by atoms with E-state index in [1.807, 2.05) is 6.92 Å². The third-order valence-electron chi connectivity index (χ3n) is 5.54. The van der Waals surface area contributed by atoms with Gasteiger partial charge in [-0.3, -0.25) is 4.79 Å². The van der Waals surface area contributed by atoms with E-state index in [-0.39, 0.29) is 37.0 Å². The van der Waals surface area contributed by atoms with E-state index in [0.717, 1.165) is 0 Å². The maximum atomic E-state index is 12.8. The van der Waals surface area contributed by atoms with E-state index >= 15 is 0 Å². The van der Waals surface area contributed by atoms with Crippen LogP contribution in [0.1, 0.15) is 60.8 Å². The van der Waals surface area contributed by atoms with Gasteiger partial charge in [0.15, 0.2) is 23.0 Å². The molecule has 0 bridgehead atoms. The normalized spacial score (nSPS) is 20.2. The molecule has 0 saturated carbocycles. The van der Waals surface area contributed by atoms with E-state index in [2.05, 4.69) is 4.98 Å². The minimum Gasteiger partial charge on any atom is -0.496 e. The summed E-state index contributed by atoms with van der Waals surface area (Å²) in [7, 11) is 1.50. The van der Waals surface area contributed by atoms with E-state index in [4.69, 9.17) is 31.5 Å². The number of aromatic nitrogens is 1. The van der Waals surface area contributed by atoms with Crippen molar-refractivity contribution in [3.63, 3.8) is 0 Å². The highest BCUT2D eigenvalue weighted by atomic mass is 35.5. The summed E-state index contributed by atoms with van der Waals surface area (Å²) >= 11 is 6.25. The van der Waals surface area contributed by atoms with Crippen LogP contribution in [0.3, 0.4) is 0 Å². The topological polar surface area (TPSA) is 124 Å². The number of Topliss-reactive ketones (excluding diaryl/α,β-unsaturated/α-hetero) is 1. The van der Waals surface area contributed by atoms with Crippen LogP contribution in [0.15, 0.2) is 24.3 Å². The van der Waals surface area contributed by atoms with Crippen LogP contribution in [-0.4, -0.2) is 41.0 Å². The number of ether oxygens (including phenoxy) is 3. The first-order valence-electron chi connectivity index (χ1n) is 10.3. The van der Waals surface area contributed by atoms with E-state index in [9.17, 15) is 15.0 Å². The lowest BCUT2D eigenvalue weighted by Crippen LogP contribution is -2.35. The van der Waals surface area contributed by atoms with Crippen molar-refractivity contribution in [2.45, 2.75) is 57.6 Å². The Morgan fingerprint density at radius 2 is 2.16 bits per heavy atom. The van der Waals surface area contributed by atoms with E-state index in [0.29, 0.717) is 33.9 Å². The lowest BCUT2D eigenvalue weighted by atomic mass is 9.89. The highest BCUT2D eigenvalue weighted by Gasteiger charge is 2.37. The fourth-order valence-electron chi connectivity index (χ4n) is 3.52. The second kappa shape index (κ2) is 9.33. The minimum absolute atomic E-state index is 0.0758. The number of aliphatic hydroxyl groups excluding tert-OH is 1. The Labute approximate surface area is 192 Å². The molecule has 2 heterocycles. The number of nitrogens with two attached hydrogens (primary N) is 1. The molecule has 0 radical (unpaired) electrons. The number of hydrogen-bond donors (Lipinski definition) is 3. The Bertz CT molecular complexity index is 1010. The van der Waals surface area contributed by atoms with Crippen LogP contribution in [-0.2, 0) is 22.5 Å². The predicted octanol–water partition coefficient (Wildman–Crippen LogP) is 3.04. The maximum Gasteiger partial charge on any atom is 0.171 e. The maximum absolute atomic E-state index is 12.8. The largest absolute Gasteiger partial charge is 0.496 e. The summed E-state index contributed by atoms with van der Waals surface area (Å²) in [6.45, 7) is 5.35. The zero-order chi connectivity index (χ0) is 23.7. The van der Waals surface area contributed by atoms with Crippen molar-refractivity contribution in [3.8, 4) is 11.5 Å². The molecule has 3 rings (SSSR count). The smallest absolute Gasteiger partial charge is 0.171 e. The average Bonchev–Trinajstić information content (AvgIpc) is 3.05. The Balaban J connectivity index is 1.74. The van der Waals surface area contributed by atoms with Gasteiger partial charge < -0.3 is 30.2 Å². The van der Waals surface area contributed by atoms with Gasteiger partial charge in [0.2, 0.25) is 0 Å². The fraction of sp³-hybridized carbons (Fsp3) is 0.478. The zero-order valence-corrected chi connectivity index (χ0v) is 19.4. The molecule has 32 heavy (non-hydrogen) atoms. The van der Waals surface area contributed by atoms with E-state index < -0.39 is 17.4 Å². The minimum atomic E-state index is -1.40. The van der Waals surface area contributed by atoms with Crippen LogP contribution in [0.4, 0.5) is 0 Å². The standard InChI is InChI=1S/C23H29ClN2O6/c1-13(27)31-11-15-6-5-14(9-18(15)30-4)17(28)7-8-23(3,29)19-10-16-20(21(24)26-19)32-12-22(16,2)25/h5-6,9-10,13,27,29H,7-8,11-12,25H2,1-4H3/t13-,22?,23?/m0/s1. The van der Waals surface area contributed by atoms with Gasteiger partial charge in [-0.05, 0) is 39.3 Å². The lowest BCUT2D eigenvalue weighted by molar-refractivity contribution is -0.0942. The molecular formula is C23H29ClN2O6.